The molecule has 2 heterocycles. The summed E-state index contributed by atoms with van der Waals surface area (Å²) in [6.07, 6.45) is -0.943. The lowest BCUT2D eigenvalue weighted by Gasteiger charge is -2.25. The van der Waals surface area contributed by atoms with Crippen molar-refractivity contribution in [2.75, 3.05) is 13.6 Å². The molecule has 28 heavy (non-hydrogen) atoms. The molecule has 0 spiro atoms. The van der Waals surface area contributed by atoms with Crippen LogP contribution in [-0.4, -0.2) is 47.4 Å². The average Bonchev–Trinajstić information content (AvgIpc) is 3.14. The zero-order valence-corrected chi connectivity index (χ0v) is 15.1. The van der Waals surface area contributed by atoms with Gasteiger partial charge < -0.3 is 10.5 Å². The molecule has 2 aliphatic heterocycles. The maximum Gasteiger partial charge on any atom is 0.261 e. The molecule has 4 rings (SSSR count). The van der Waals surface area contributed by atoms with E-state index in [0.29, 0.717) is 11.5 Å². The predicted octanol–water partition coefficient (Wildman–Crippen LogP) is 1.24. The van der Waals surface area contributed by atoms with Gasteiger partial charge in [-0.05, 0) is 29.8 Å². The van der Waals surface area contributed by atoms with Crippen LogP contribution in [0.2, 0.25) is 0 Å². The van der Waals surface area contributed by atoms with Gasteiger partial charge >= 0.3 is 0 Å². The highest BCUT2D eigenvalue weighted by Gasteiger charge is 2.58. The van der Waals surface area contributed by atoms with Crippen molar-refractivity contribution in [2.45, 2.75) is 12.1 Å². The Kier molecular flexibility index (Phi) is 4.58. The first-order chi connectivity index (χ1) is 13.5. The van der Waals surface area contributed by atoms with E-state index in [2.05, 4.69) is 0 Å². The summed E-state index contributed by atoms with van der Waals surface area (Å²) in [5.41, 5.74) is 6.04. The first-order valence-corrected chi connectivity index (χ1v) is 8.81. The van der Waals surface area contributed by atoms with Crippen molar-refractivity contribution in [2.24, 2.45) is 11.7 Å². The first-order valence-electron chi connectivity index (χ1n) is 8.81. The summed E-state index contributed by atoms with van der Waals surface area (Å²) in [5.74, 6) is -0.765. The van der Waals surface area contributed by atoms with Crippen LogP contribution in [0.5, 0.6) is 11.5 Å². The third-order valence-electron chi connectivity index (χ3n) is 4.93. The number of primary amides is 1. The van der Waals surface area contributed by atoms with Crippen LogP contribution < -0.4 is 10.5 Å². The van der Waals surface area contributed by atoms with Crippen molar-refractivity contribution in [3.8, 4) is 11.5 Å². The highest BCUT2D eigenvalue weighted by atomic mass is 16.7. The number of imide groups is 1. The Morgan fingerprint density at radius 1 is 1.04 bits per heavy atom. The zero-order valence-electron chi connectivity index (χ0n) is 15.1. The Bertz CT molecular complexity index is 915. The van der Waals surface area contributed by atoms with Gasteiger partial charge in [0.15, 0.2) is 6.10 Å². The number of ether oxygens (including phenoxy) is 1. The van der Waals surface area contributed by atoms with Gasteiger partial charge in [0.2, 0.25) is 11.8 Å². The number of carbonyl (C=O) groups is 3. The smallest absolute Gasteiger partial charge is 0.261 e. The SMILES string of the molecule is CN1C(=O)C2ON(CC(N)=O)C(c3ccc(Oc4ccccc4)cc3)C2C1=O. The van der Waals surface area contributed by atoms with E-state index >= 15 is 0 Å². The number of likely N-dealkylation sites (N-methyl/N-ethyl adjacent to an activating group) is 1. The molecule has 3 amide bonds. The topological polar surface area (TPSA) is 102 Å². The Morgan fingerprint density at radius 2 is 1.68 bits per heavy atom. The highest BCUT2D eigenvalue weighted by Crippen LogP contribution is 2.44. The molecule has 144 valence electrons. The summed E-state index contributed by atoms with van der Waals surface area (Å²) < 4.78 is 5.78. The number of nitrogens with zero attached hydrogens (tertiary/aromatic N) is 2. The van der Waals surface area contributed by atoms with Gasteiger partial charge in [-0.2, -0.15) is 5.06 Å². The molecular weight excluding hydrogens is 362 g/mol. The second-order valence-electron chi connectivity index (χ2n) is 6.76. The molecule has 2 saturated heterocycles. The van der Waals surface area contributed by atoms with Crippen molar-refractivity contribution < 1.29 is 24.0 Å². The number of fused-ring (bicyclic) bond motifs is 1. The lowest BCUT2D eigenvalue weighted by Crippen LogP contribution is -2.38. The summed E-state index contributed by atoms with van der Waals surface area (Å²) in [5, 5.41) is 1.33. The molecule has 0 saturated carbocycles. The molecule has 2 fully saturated rings. The number of carbonyl (C=O) groups excluding carboxylic acids is 3. The van der Waals surface area contributed by atoms with Gasteiger partial charge in [0, 0.05) is 7.05 Å². The van der Waals surface area contributed by atoms with Crippen molar-refractivity contribution in [3.63, 3.8) is 0 Å². The number of benzene rings is 2. The Labute approximate surface area is 161 Å². The van der Waals surface area contributed by atoms with Crippen LogP contribution in [0, 0.1) is 5.92 Å². The van der Waals surface area contributed by atoms with Gasteiger partial charge in [-0.3, -0.25) is 24.1 Å². The molecule has 3 atom stereocenters. The largest absolute Gasteiger partial charge is 0.457 e. The second kappa shape index (κ2) is 7.06. The van der Waals surface area contributed by atoms with Crippen molar-refractivity contribution >= 4 is 17.7 Å². The van der Waals surface area contributed by atoms with Crippen LogP contribution in [0.25, 0.3) is 0 Å². The standard InChI is InChI=1S/C20H19N3O5/c1-22-19(25)16-17(23(11-15(21)24)28-18(16)20(22)26)12-7-9-14(10-8-12)27-13-5-3-2-4-6-13/h2-10,16-18H,11H2,1H3,(H2,21,24). The van der Waals surface area contributed by atoms with Crippen LogP contribution in [-0.2, 0) is 19.2 Å². The molecule has 3 unspecified atom stereocenters. The van der Waals surface area contributed by atoms with E-state index in [1.807, 2.05) is 30.3 Å². The molecule has 8 nitrogen and oxygen atoms in total. The Balaban J connectivity index is 1.61. The molecule has 8 heteroatoms. The Morgan fingerprint density at radius 3 is 2.32 bits per heavy atom. The minimum absolute atomic E-state index is 0.218. The molecule has 2 aliphatic rings. The number of likely N-dealkylation sites (tertiary alicyclic amines) is 1. The lowest BCUT2D eigenvalue weighted by atomic mass is 9.91. The van der Waals surface area contributed by atoms with E-state index in [4.69, 9.17) is 15.3 Å². The summed E-state index contributed by atoms with van der Waals surface area (Å²) in [6, 6.07) is 15.9. The number of hydrogen-bond donors (Lipinski definition) is 1. The molecule has 2 aromatic rings. The van der Waals surface area contributed by atoms with Crippen LogP contribution in [0.4, 0.5) is 0 Å². The van der Waals surface area contributed by atoms with Gasteiger partial charge in [-0.25, -0.2) is 0 Å². The Hall–Kier alpha value is -3.23. The van der Waals surface area contributed by atoms with E-state index in [-0.39, 0.29) is 12.5 Å². The maximum atomic E-state index is 12.6. The minimum atomic E-state index is -0.943. The molecule has 0 aliphatic carbocycles. The van der Waals surface area contributed by atoms with Crippen LogP contribution in [0.15, 0.2) is 54.6 Å². The van der Waals surface area contributed by atoms with Gasteiger partial charge in [-0.1, -0.05) is 30.3 Å². The van der Waals surface area contributed by atoms with Gasteiger partial charge in [0.1, 0.15) is 18.0 Å². The molecule has 2 N–H and O–H groups in total. The van der Waals surface area contributed by atoms with E-state index in [0.717, 1.165) is 10.5 Å². The maximum absolute atomic E-state index is 12.6. The van der Waals surface area contributed by atoms with Crippen molar-refractivity contribution in [3.05, 3.63) is 60.2 Å². The third kappa shape index (κ3) is 3.12. The highest BCUT2D eigenvalue weighted by molar-refractivity contribution is 6.07. The zero-order chi connectivity index (χ0) is 19.8. The number of nitrogens with two attached hydrogens (primary N) is 1. The summed E-state index contributed by atoms with van der Waals surface area (Å²) in [4.78, 5) is 43.0. The molecule has 0 bridgehead atoms. The average molecular weight is 381 g/mol. The lowest BCUT2D eigenvalue weighted by molar-refractivity contribution is -0.181. The van der Waals surface area contributed by atoms with E-state index < -0.39 is 29.9 Å². The van der Waals surface area contributed by atoms with E-state index in [1.165, 1.54) is 12.1 Å². The number of hydrogen-bond acceptors (Lipinski definition) is 6. The monoisotopic (exact) mass is 381 g/mol. The van der Waals surface area contributed by atoms with Crippen LogP contribution >= 0.6 is 0 Å². The summed E-state index contributed by atoms with van der Waals surface area (Å²) in [7, 11) is 1.43. The molecule has 0 radical (unpaired) electrons. The van der Waals surface area contributed by atoms with Crippen molar-refractivity contribution in [1.29, 1.82) is 0 Å². The van der Waals surface area contributed by atoms with Crippen molar-refractivity contribution in [1.82, 2.24) is 9.96 Å². The summed E-state index contributed by atoms with van der Waals surface area (Å²) >= 11 is 0. The second-order valence-corrected chi connectivity index (χ2v) is 6.76. The van der Waals surface area contributed by atoms with Gasteiger partial charge in [0.05, 0.1) is 12.0 Å². The number of amides is 3. The molecule has 0 aromatic heterocycles. The predicted molar refractivity (Wildman–Crippen MR) is 97.7 cm³/mol. The van der Waals surface area contributed by atoms with E-state index in [1.54, 1.807) is 24.3 Å². The molecular formula is C20H19N3O5. The first kappa shape index (κ1) is 18.1. The number of rotatable bonds is 5. The fraction of sp³-hybridized carbons (Fsp3) is 0.250. The fourth-order valence-corrected chi connectivity index (χ4v) is 3.63. The minimum Gasteiger partial charge on any atom is -0.457 e. The van der Waals surface area contributed by atoms with Gasteiger partial charge in [0.25, 0.3) is 5.91 Å². The van der Waals surface area contributed by atoms with Crippen LogP contribution in [0.1, 0.15) is 11.6 Å². The summed E-state index contributed by atoms with van der Waals surface area (Å²) in [6.45, 7) is -0.218. The van der Waals surface area contributed by atoms with Gasteiger partial charge in [-0.15, -0.1) is 0 Å². The van der Waals surface area contributed by atoms with Crippen LogP contribution in [0.3, 0.4) is 0 Å². The third-order valence-corrected chi connectivity index (χ3v) is 4.93. The molecule has 2 aromatic carbocycles. The fourth-order valence-electron chi connectivity index (χ4n) is 3.63. The number of para-hydroxylation sites is 1. The number of hydroxylamine groups is 2. The quantitative estimate of drug-likeness (QED) is 0.782. The normalized spacial score (nSPS) is 24.5. The van der Waals surface area contributed by atoms with E-state index in [9.17, 15) is 14.4 Å².